The molecule has 0 radical (unpaired) electrons. The Kier molecular flexibility index (Phi) is 48.9. The third kappa shape index (κ3) is 45.2. The van der Waals surface area contributed by atoms with Gasteiger partial charge in [-0.1, -0.05) is 278 Å². The Hall–Kier alpha value is -1.14. The Balaban J connectivity index is 4.29. The van der Waals surface area contributed by atoms with E-state index >= 15 is 0 Å². The molecule has 3 unspecified atom stereocenters. The second-order valence-corrected chi connectivity index (χ2v) is 19.4. The van der Waals surface area contributed by atoms with Crippen molar-refractivity contribution < 1.29 is 24.5 Å². The second kappa shape index (κ2) is 49.9. The van der Waals surface area contributed by atoms with Crippen molar-refractivity contribution in [2.75, 3.05) is 6.61 Å². The summed E-state index contributed by atoms with van der Waals surface area (Å²) in [6.45, 7) is 6.51. The van der Waals surface area contributed by atoms with Gasteiger partial charge in [-0.15, -0.1) is 0 Å². The van der Waals surface area contributed by atoms with Gasteiger partial charge in [0.15, 0.2) is 0 Å². The highest BCUT2D eigenvalue weighted by molar-refractivity contribution is 5.77. The molecule has 0 heterocycles. The molecule has 61 heavy (non-hydrogen) atoms. The minimum atomic E-state index is -0.779. The van der Waals surface area contributed by atoms with Gasteiger partial charge in [0, 0.05) is 6.42 Å². The standard InChI is InChI=1S/C55H109NO5/c1-4-7-10-13-16-19-21-23-25-26-27-28-30-32-34-36-39-42-45-48-55(60)61-51(46-43-40-37-18-15-12-9-6-3)49-54(59)56-52(50-57)53(58)47-44-41-38-35-33-31-29-24-22-20-17-14-11-8-5-2/h51-53,57-58H,4-50H2,1-3H3,(H,56,59). The molecule has 0 aliphatic rings. The van der Waals surface area contributed by atoms with Crippen molar-refractivity contribution in [1.82, 2.24) is 5.32 Å². The van der Waals surface area contributed by atoms with Crippen molar-refractivity contribution in [2.45, 2.75) is 334 Å². The van der Waals surface area contributed by atoms with Gasteiger partial charge >= 0.3 is 5.97 Å². The fraction of sp³-hybridized carbons (Fsp3) is 0.964. The van der Waals surface area contributed by atoms with Crippen LogP contribution in [-0.2, 0) is 14.3 Å². The molecule has 3 N–H and O–H groups in total. The fourth-order valence-electron chi connectivity index (χ4n) is 8.96. The Labute approximate surface area is 381 Å². The lowest BCUT2D eigenvalue weighted by Gasteiger charge is -2.24. The molecule has 0 spiro atoms. The summed E-state index contributed by atoms with van der Waals surface area (Å²) < 4.78 is 5.93. The molecule has 0 aromatic carbocycles. The number of ether oxygens (including phenoxy) is 1. The number of carbonyl (C=O) groups is 2. The molecule has 0 aromatic rings. The van der Waals surface area contributed by atoms with Gasteiger partial charge in [0.2, 0.25) is 5.91 Å². The highest BCUT2D eigenvalue weighted by atomic mass is 16.5. The SMILES string of the molecule is CCCCCCCCCCCCCCCCCCCCCC(=O)OC(CCCCCCCCCC)CC(=O)NC(CO)C(O)CCCCCCCCCCCCCCCCC. The normalized spacial score (nSPS) is 13.1. The molecule has 6 nitrogen and oxygen atoms in total. The number of hydrogen-bond acceptors (Lipinski definition) is 5. The van der Waals surface area contributed by atoms with Crippen molar-refractivity contribution in [1.29, 1.82) is 0 Å². The van der Waals surface area contributed by atoms with Gasteiger partial charge in [0.25, 0.3) is 0 Å². The van der Waals surface area contributed by atoms with Crippen LogP contribution in [0.2, 0.25) is 0 Å². The number of aliphatic hydroxyl groups excluding tert-OH is 2. The van der Waals surface area contributed by atoms with Gasteiger partial charge in [-0.25, -0.2) is 0 Å². The molecule has 3 atom stereocenters. The first-order valence-electron chi connectivity index (χ1n) is 27.8. The molecule has 0 aliphatic heterocycles. The number of unbranched alkanes of at least 4 members (excludes halogenated alkanes) is 39. The summed E-state index contributed by atoms with van der Waals surface area (Å²) >= 11 is 0. The van der Waals surface area contributed by atoms with E-state index in [9.17, 15) is 19.8 Å². The number of nitrogens with one attached hydrogen (secondary N) is 1. The second-order valence-electron chi connectivity index (χ2n) is 19.4. The number of aliphatic hydroxyl groups is 2. The fourth-order valence-corrected chi connectivity index (χ4v) is 8.96. The van der Waals surface area contributed by atoms with Crippen molar-refractivity contribution >= 4 is 11.9 Å². The molecule has 364 valence electrons. The first-order valence-corrected chi connectivity index (χ1v) is 27.8. The van der Waals surface area contributed by atoms with Crippen LogP contribution in [0, 0.1) is 0 Å². The number of rotatable bonds is 51. The van der Waals surface area contributed by atoms with E-state index in [2.05, 4.69) is 26.1 Å². The number of carbonyl (C=O) groups excluding carboxylic acids is 2. The largest absolute Gasteiger partial charge is 0.462 e. The summed E-state index contributed by atoms with van der Waals surface area (Å²) in [5, 5.41) is 23.8. The minimum absolute atomic E-state index is 0.0869. The van der Waals surface area contributed by atoms with Crippen LogP contribution in [0.1, 0.15) is 316 Å². The highest BCUT2D eigenvalue weighted by Crippen LogP contribution is 2.19. The quantitative estimate of drug-likeness (QED) is 0.0418. The Morgan fingerprint density at radius 1 is 0.410 bits per heavy atom. The van der Waals surface area contributed by atoms with Gasteiger partial charge in [-0.3, -0.25) is 9.59 Å². The van der Waals surface area contributed by atoms with E-state index in [1.807, 2.05) is 0 Å². The third-order valence-corrected chi connectivity index (χ3v) is 13.2. The molecule has 0 rings (SSSR count). The lowest BCUT2D eigenvalue weighted by Crippen LogP contribution is -2.46. The molecule has 0 fully saturated rings. The zero-order valence-corrected chi connectivity index (χ0v) is 41.6. The van der Waals surface area contributed by atoms with Crippen molar-refractivity contribution in [3.8, 4) is 0 Å². The lowest BCUT2D eigenvalue weighted by molar-refractivity contribution is -0.151. The average molecular weight is 864 g/mol. The van der Waals surface area contributed by atoms with E-state index in [1.165, 1.54) is 231 Å². The minimum Gasteiger partial charge on any atom is -0.462 e. The Bertz CT molecular complexity index is 882. The van der Waals surface area contributed by atoms with Gasteiger partial charge in [0.05, 0.1) is 25.2 Å². The monoisotopic (exact) mass is 864 g/mol. The summed E-state index contributed by atoms with van der Waals surface area (Å²) in [5.74, 6) is -0.452. The zero-order valence-electron chi connectivity index (χ0n) is 41.6. The molecule has 0 aromatic heterocycles. The van der Waals surface area contributed by atoms with Gasteiger partial charge in [-0.05, 0) is 25.7 Å². The number of esters is 1. The maximum absolute atomic E-state index is 13.2. The topological polar surface area (TPSA) is 95.9 Å². The van der Waals surface area contributed by atoms with Crippen LogP contribution in [0.4, 0.5) is 0 Å². The van der Waals surface area contributed by atoms with E-state index < -0.39 is 18.2 Å². The summed E-state index contributed by atoms with van der Waals surface area (Å²) in [7, 11) is 0. The molecule has 0 bridgehead atoms. The van der Waals surface area contributed by atoms with Crippen LogP contribution in [0.25, 0.3) is 0 Å². The lowest BCUT2D eigenvalue weighted by atomic mass is 10.0. The predicted molar refractivity (Wildman–Crippen MR) is 264 cm³/mol. The molecule has 1 amide bonds. The van der Waals surface area contributed by atoms with Crippen LogP contribution in [-0.4, -0.2) is 46.9 Å². The zero-order chi connectivity index (χ0) is 44.5. The molecular formula is C55H109NO5. The maximum atomic E-state index is 13.2. The summed E-state index contributed by atoms with van der Waals surface area (Å²) in [4.78, 5) is 26.1. The Morgan fingerprint density at radius 2 is 0.689 bits per heavy atom. The Morgan fingerprint density at radius 3 is 1.00 bits per heavy atom. The van der Waals surface area contributed by atoms with E-state index in [4.69, 9.17) is 4.74 Å². The molecule has 0 saturated carbocycles. The highest BCUT2D eigenvalue weighted by Gasteiger charge is 2.24. The van der Waals surface area contributed by atoms with Crippen molar-refractivity contribution in [2.24, 2.45) is 0 Å². The van der Waals surface area contributed by atoms with E-state index in [1.54, 1.807) is 0 Å². The smallest absolute Gasteiger partial charge is 0.306 e. The summed E-state index contributed by atoms with van der Waals surface area (Å²) in [5.41, 5.74) is 0. The number of hydrogen-bond donors (Lipinski definition) is 3. The first kappa shape index (κ1) is 59.9. The van der Waals surface area contributed by atoms with Crippen LogP contribution in [0.15, 0.2) is 0 Å². The van der Waals surface area contributed by atoms with Crippen molar-refractivity contribution in [3.63, 3.8) is 0 Å². The van der Waals surface area contributed by atoms with Crippen molar-refractivity contribution in [3.05, 3.63) is 0 Å². The molecule has 0 saturated heterocycles. The van der Waals surface area contributed by atoms with E-state index in [-0.39, 0.29) is 24.9 Å². The van der Waals surface area contributed by atoms with Gasteiger partial charge < -0.3 is 20.3 Å². The van der Waals surface area contributed by atoms with Crippen LogP contribution >= 0.6 is 0 Å². The van der Waals surface area contributed by atoms with E-state index in [0.29, 0.717) is 19.3 Å². The first-order chi connectivity index (χ1) is 30.0. The molecular weight excluding hydrogens is 755 g/mol. The summed E-state index contributed by atoms with van der Waals surface area (Å²) in [6.07, 6.45) is 54.7. The third-order valence-electron chi connectivity index (χ3n) is 13.2. The molecule has 0 aliphatic carbocycles. The van der Waals surface area contributed by atoms with Crippen LogP contribution in [0.3, 0.4) is 0 Å². The summed E-state index contributed by atoms with van der Waals surface area (Å²) in [6, 6.07) is -0.692. The van der Waals surface area contributed by atoms with Crippen LogP contribution in [0.5, 0.6) is 0 Å². The van der Waals surface area contributed by atoms with E-state index in [0.717, 1.165) is 38.5 Å². The average Bonchev–Trinajstić information content (AvgIpc) is 3.25. The van der Waals surface area contributed by atoms with Crippen LogP contribution < -0.4 is 5.32 Å². The van der Waals surface area contributed by atoms with Gasteiger partial charge in [0.1, 0.15) is 6.10 Å². The number of amides is 1. The molecule has 6 heteroatoms. The van der Waals surface area contributed by atoms with Gasteiger partial charge in [-0.2, -0.15) is 0 Å². The maximum Gasteiger partial charge on any atom is 0.306 e. The predicted octanol–water partition coefficient (Wildman–Crippen LogP) is 16.7.